The van der Waals surface area contributed by atoms with Gasteiger partial charge in [0.15, 0.2) is 5.13 Å². The molecule has 0 spiro atoms. The summed E-state index contributed by atoms with van der Waals surface area (Å²) in [4.78, 5) is 16.7. The summed E-state index contributed by atoms with van der Waals surface area (Å²) in [5.41, 5.74) is 1.21. The molecule has 6 nitrogen and oxygen atoms in total. The first kappa shape index (κ1) is 18.6. The van der Waals surface area contributed by atoms with Gasteiger partial charge in [0, 0.05) is 16.5 Å². The second kappa shape index (κ2) is 6.62. The number of rotatable bonds is 4. The molecule has 8 heteroatoms. The summed E-state index contributed by atoms with van der Waals surface area (Å²) in [5.74, 6) is -0.380. The predicted octanol–water partition coefficient (Wildman–Crippen LogP) is 3.09. The number of carbonyl (C=O) groups excluding carboxylic acids is 1. The maximum atomic E-state index is 12.4. The summed E-state index contributed by atoms with van der Waals surface area (Å²) < 4.78 is 27.5. The van der Waals surface area contributed by atoms with Crippen molar-refractivity contribution in [1.82, 2.24) is 9.71 Å². The number of nitrogens with zero attached hydrogens (tertiary/aromatic N) is 1. The van der Waals surface area contributed by atoms with Gasteiger partial charge in [0.05, 0.1) is 10.6 Å². The van der Waals surface area contributed by atoms with Crippen LogP contribution >= 0.6 is 11.3 Å². The average molecular weight is 367 g/mol. The van der Waals surface area contributed by atoms with Crippen molar-refractivity contribution < 1.29 is 13.2 Å². The molecule has 1 heterocycles. The number of amides is 1. The Morgan fingerprint density at radius 2 is 1.88 bits per heavy atom. The van der Waals surface area contributed by atoms with Crippen LogP contribution in [0.4, 0.5) is 5.13 Å². The molecule has 24 heavy (non-hydrogen) atoms. The molecular weight excluding hydrogens is 346 g/mol. The van der Waals surface area contributed by atoms with Crippen molar-refractivity contribution in [2.45, 2.75) is 45.1 Å². The SMILES string of the molecule is Cc1csc(NC(=O)c2cc(S(=O)(=O)NC(C)(C)C)ccc2C)n1. The molecule has 0 saturated heterocycles. The molecule has 2 N–H and O–H groups in total. The van der Waals surface area contributed by atoms with Gasteiger partial charge < -0.3 is 0 Å². The molecular formula is C16H21N3O3S2. The third-order valence-electron chi connectivity index (χ3n) is 3.04. The quantitative estimate of drug-likeness (QED) is 0.869. The Bertz CT molecular complexity index is 865. The van der Waals surface area contributed by atoms with Crippen LogP contribution in [0.25, 0.3) is 0 Å². The van der Waals surface area contributed by atoms with Crippen LogP contribution in [0, 0.1) is 13.8 Å². The van der Waals surface area contributed by atoms with Crippen LogP contribution in [0.15, 0.2) is 28.5 Å². The predicted molar refractivity (Wildman–Crippen MR) is 96.1 cm³/mol. The van der Waals surface area contributed by atoms with Gasteiger partial charge in [0.1, 0.15) is 0 Å². The number of sulfonamides is 1. The number of thiazole rings is 1. The maximum absolute atomic E-state index is 12.4. The zero-order valence-electron chi connectivity index (χ0n) is 14.3. The van der Waals surface area contributed by atoms with Gasteiger partial charge in [-0.3, -0.25) is 10.1 Å². The zero-order chi connectivity index (χ0) is 18.1. The molecule has 0 radical (unpaired) electrons. The molecule has 0 aliphatic heterocycles. The maximum Gasteiger partial charge on any atom is 0.257 e. The largest absolute Gasteiger partial charge is 0.298 e. The monoisotopic (exact) mass is 367 g/mol. The van der Waals surface area contributed by atoms with Crippen LogP contribution in [0.5, 0.6) is 0 Å². The molecule has 0 saturated carbocycles. The van der Waals surface area contributed by atoms with Crippen molar-refractivity contribution in [2.24, 2.45) is 0 Å². The van der Waals surface area contributed by atoms with E-state index in [2.05, 4.69) is 15.0 Å². The van der Waals surface area contributed by atoms with E-state index in [-0.39, 0.29) is 10.8 Å². The van der Waals surface area contributed by atoms with E-state index < -0.39 is 15.6 Å². The van der Waals surface area contributed by atoms with E-state index >= 15 is 0 Å². The molecule has 0 aliphatic rings. The van der Waals surface area contributed by atoms with Gasteiger partial charge in [-0.15, -0.1) is 11.3 Å². The Kier molecular flexibility index (Phi) is 5.12. The first-order valence-corrected chi connectivity index (χ1v) is 9.72. The number of anilines is 1. The molecule has 0 aliphatic carbocycles. The van der Waals surface area contributed by atoms with Crippen molar-refractivity contribution in [3.05, 3.63) is 40.4 Å². The fraction of sp³-hybridized carbons (Fsp3) is 0.375. The fourth-order valence-electron chi connectivity index (χ4n) is 2.05. The Balaban J connectivity index is 2.33. The van der Waals surface area contributed by atoms with E-state index in [1.807, 2.05) is 12.3 Å². The van der Waals surface area contributed by atoms with Gasteiger partial charge in [0.25, 0.3) is 5.91 Å². The normalized spacial score (nSPS) is 12.2. The Morgan fingerprint density at radius 3 is 2.42 bits per heavy atom. The second-order valence-corrected chi connectivity index (χ2v) is 9.12. The standard InChI is InChI=1S/C16H21N3O3S2/c1-10-6-7-12(24(21,22)19-16(3,4)5)8-13(10)14(20)18-15-17-11(2)9-23-15/h6-9,19H,1-5H3,(H,17,18,20). The van der Waals surface area contributed by atoms with Crippen molar-refractivity contribution in [1.29, 1.82) is 0 Å². The number of nitrogens with one attached hydrogen (secondary N) is 2. The van der Waals surface area contributed by atoms with Gasteiger partial charge in [-0.2, -0.15) is 0 Å². The molecule has 0 unspecified atom stereocenters. The molecule has 0 atom stereocenters. The summed E-state index contributed by atoms with van der Waals surface area (Å²) in [6.07, 6.45) is 0. The lowest BCUT2D eigenvalue weighted by atomic mass is 10.1. The van der Waals surface area contributed by atoms with Crippen molar-refractivity contribution in [3.8, 4) is 0 Å². The smallest absolute Gasteiger partial charge is 0.257 e. The number of hydrogen-bond acceptors (Lipinski definition) is 5. The van der Waals surface area contributed by atoms with Gasteiger partial charge in [0.2, 0.25) is 10.0 Å². The van der Waals surface area contributed by atoms with E-state index in [1.165, 1.54) is 23.5 Å². The van der Waals surface area contributed by atoms with Crippen LogP contribution in [0.2, 0.25) is 0 Å². The van der Waals surface area contributed by atoms with Gasteiger partial charge in [-0.1, -0.05) is 6.07 Å². The molecule has 2 rings (SSSR count). The first-order chi connectivity index (χ1) is 11.0. The highest BCUT2D eigenvalue weighted by atomic mass is 32.2. The van der Waals surface area contributed by atoms with Crippen LogP contribution in [-0.2, 0) is 10.0 Å². The lowest BCUT2D eigenvalue weighted by Crippen LogP contribution is -2.40. The van der Waals surface area contributed by atoms with E-state index in [1.54, 1.807) is 33.8 Å². The summed E-state index contributed by atoms with van der Waals surface area (Å²) >= 11 is 1.32. The van der Waals surface area contributed by atoms with Crippen LogP contribution in [0.3, 0.4) is 0 Å². The highest BCUT2D eigenvalue weighted by Gasteiger charge is 2.23. The lowest BCUT2D eigenvalue weighted by molar-refractivity contribution is 0.102. The summed E-state index contributed by atoms with van der Waals surface area (Å²) in [7, 11) is -3.70. The minimum Gasteiger partial charge on any atom is -0.298 e. The third-order valence-corrected chi connectivity index (χ3v) is 5.68. The number of aromatic nitrogens is 1. The van der Waals surface area contributed by atoms with Gasteiger partial charge in [-0.05, 0) is 52.3 Å². The van der Waals surface area contributed by atoms with Crippen LogP contribution in [-0.4, -0.2) is 24.8 Å². The van der Waals surface area contributed by atoms with Crippen LogP contribution < -0.4 is 10.0 Å². The Labute approximate surface area is 146 Å². The highest BCUT2D eigenvalue weighted by molar-refractivity contribution is 7.89. The van der Waals surface area contributed by atoms with E-state index in [0.29, 0.717) is 16.3 Å². The first-order valence-electron chi connectivity index (χ1n) is 7.36. The summed E-state index contributed by atoms with van der Waals surface area (Å²) in [6.45, 7) is 8.88. The average Bonchev–Trinajstić information content (AvgIpc) is 2.81. The second-order valence-electron chi connectivity index (χ2n) is 6.58. The van der Waals surface area contributed by atoms with Crippen molar-refractivity contribution in [2.75, 3.05) is 5.32 Å². The molecule has 130 valence electrons. The van der Waals surface area contributed by atoms with Crippen molar-refractivity contribution in [3.63, 3.8) is 0 Å². The Morgan fingerprint density at radius 1 is 1.21 bits per heavy atom. The fourth-order valence-corrected chi connectivity index (χ4v) is 4.18. The minimum absolute atomic E-state index is 0.0588. The number of aryl methyl sites for hydroxylation is 2. The molecule has 0 bridgehead atoms. The molecule has 2 aromatic rings. The lowest BCUT2D eigenvalue weighted by Gasteiger charge is -2.20. The number of carbonyl (C=O) groups is 1. The van der Waals surface area contributed by atoms with E-state index in [4.69, 9.17) is 0 Å². The van der Waals surface area contributed by atoms with Gasteiger partial charge in [-0.25, -0.2) is 18.1 Å². The molecule has 0 fully saturated rings. The molecule has 1 amide bonds. The minimum atomic E-state index is -3.70. The molecule has 1 aromatic heterocycles. The van der Waals surface area contributed by atoms with E-state index in [9.17, 15) is 13.2 Å². The highest BCUT2D eigenvalue weighted by Crippen LogP contribution is 2.20. The third kappa shape index (κ3) is 4.62. The van der Waals surface area contributed by atoms with E-state index in [0.717, 1.165) is 5.69 Å². The topological polar surface area (TPSA) is 88.2 Å². The van der Waals surface area contributed by atoms with Crippen LogP contribution in [0.1, 0.15) is 42.4 Å². The summed E-state index contributed by atoms with van der Waals surface area (Å²) in [5, 5.41) is 5.01. The number of hydrogen-bond donors (Lipinski definition) is 2. The summed E-state index contributed by atoms with van der Waals surface area (Å²) in [6, 6.07) is 4.51. The van der Waals surface area contributed by atoms with Crippen molar-refractivity contribution >= 4 is 32.4 Å². The molecule has 1 aromatic carbocycles. The van der Waals surface area contributed by atoms with Gasteiger partial charge >= 0.3 is 0 Å². The zero-order valence-corrected chi connectivity index (χ0v) is 15.9. The Hall–Kier alpha value is -1.77. The number of benzene rings is 1.